The van der Waals surface area contributed by atoms with Crippen molar-refractivity contribution >= 4 is 27.6 Å². The number of para-hydroxylation sites is 1. The van der Waals surface area contributed by atoms with Crippen molar-refractivity contribution < 1.29 is 23.1 Å². The first-order valence-corrected chi connectivity index (χ1v) is 10.1. The maximum absolute atomic E-state index is 12.4. The van der Waals surface area contributed by atoms with Crippen molar-refractivity contribution in [3.05, 3.63) is 60.2 Å². The quantitative estimate of drug-likeness (QED) is 0.704. The molecule has 0 aliphatic heterocycles. The summed E-state index contributed by atoms with van der Waals surface area (Å²) in [4.78, 5) is 23.6. The first-order valence-electron chi connectivity index (χ1n) is 8.58. The molecule has 0 radical (unpaired) electrons. The average Bonchev–Trinajstić information content (AvgIpc) is 3.11. The third-order valence-corrected chi connectivity index (χ3v) is 6.00. The van der Waals surface area contributed by atoms with Crippen LogP contribution in [0.25, 0.3) is 0 Å². The highest BCUT2D eigenvalue weighted by Gasteiger charge is 2.34. The second kappa shape index (κ2) is 7.79. The summed E-state index contributed by atoms with van der Waals surface area (Å²) in [6.45, 7) is 0. The highest BCUT2D eigenvalue weighted by atomic mass is 32.2. The Hall–Kier alpha value is -2.87. The van der Waals surface area contributed by atoms with Crippen molar-refractivity contribution in [2.24, 2.45) is 5.92 Å². The minimum Gasteiger partial charge on any atom is -0.481 e. The molecular weight excluding hydrogens is 368 g/mol. The van der Waals surface area contributed by atoms with Crippen LogP contribution in [-0.4, -0.2) is 31.4 Å². The van der Waals surface area contributed by atoms with Gasteiger partial charge in [-0.1, -0.05) is 24.6 Å². The fourth-order valence-electron chi connectivity index (χ4n) is 3.19. The van der Waals surface area contributed by atoms with E-state index in [9.17, 15) is 23.1 Å². The van der Waals surface area contributed by atoms with Crippen LogP contribution in [0.15, 0.2) is 59.5 Å². The molecule has 3 rings (SSSR count). The number of rotatable bonds is 6. The number of aliphatic carboxylic acids is 1. The molecule has 0 heterocycles. The second-order valence-electron chi connectivity index (χ2n) is 6.45. The molecule has 8 heteroatoms. The Balaban J connectivity index is 1.69. The van der Waals surface area contributed by atoms with Crippen LogP contribution in [0.1, 0.15) is 29.6 Å². The maximum atomic E-state index is 12.4. The zero-order valence-electron chi connectivity index (χ0n) is 14.5. The van der Waals surface area contributed by atoms with Gasteiger partial charge in [0.05, 0.1) is 10.8 Å². The van der Waals surface area contributed by atoms with Gasteiger partial charge in [0.2, 0.25) is 0 Å². The van der Waals surface area contributed by atoms with E-state index in [1.807, 2.05) is 0 Å². The summed E-state index contributed by atoms with van der Waals surface area (Å²) >= 11 is 0. The van der Waals surface area contributed by atoms with E-state index in [4.69, 9.17) is 0 Å². The summed E-state index contributed by atoms with van der Waals surface area (Å²) in [6.07, 6.45) is 1.92. The molecule has 1 fully saturated rings. The van der Waals surface area contributed by atoms with Crippen LogP contribution in [0.4, 0.5) is 5.69 Å². The summed E-state index contributed by atoms with van der Waals surface area (Å²) in [6, 6.07) is 13.6. The number of hydrogen-bond acceptors (Lipinski definition) is 4. The maximum Gasteiger partial charge on any atom is 0.308 e. The lowest BCUT2D eigenvalue weighted by molar-refractivity contribution is -0.142. The predicted molar refractivity (Wildman–Crippen MR) is 99.9 cm³/mol. The molecule has 2 atom stereocenters. The van der Waals surface area contributed by atoms with Crippen molar-refractivity contribution in [3.63, 3.8) is 0 Å². The van der Waals surface area contributed by atoms with E-state index in [2.05, 4.69) is 10.0 Å². The zero-order valence-corrected chi connectivity index (χ0v) is 15.3. The van der Waals surface area contributed by atoms with Gasteiger partial charge in [-0.25, -0.2) is 8.42 Å². The van der Waals surface area contributed by atoms with E-state index in [1.54, 1.807) is 30.3 Å². The Morgan fingerprint density at radius 3 is 2.26 bits per heavy atom. The van der Waals surface area contributed by atoms with E-state index in [0.29, 0.717) is 18.5 Å². The Morgan fingerprint density at radius 2 is 1.63 bits per heavy atom. The van der Waals surface area contributed by atoms with Crippen LogP contribution in [0.3, 0.4) is 0 Å². The van der Waals surface area contributed by atoms with Gasteiger partial charge in [0.25, 0.3) is 15.9 Å². The van der Waals surface area contributed by atoms with E-state index < -0.39 is 33.9 Å². The fourth-order valence-corrected chi connectivity index (χ4v) is 4.24. The van der Waals surface area contributed by atoms with Crippen molar-refractivity contribution in [2.45, 2.75) is 30.2 Å². The Kier molecular flexibility index (Phi) is 5.46. The number of carbonyl (C=O) groups is 2. The molecule has 0 spiro atoms. The standard InChI is InChI=1S/C19H20N2O5S/c22-18(20-17-8-4-7-16(17)19(23)24)13-9-11-15(12-10-13)27(25,26)21-14-5-2-1-3-6-14/h1-3,5-6,9-12,16-17,21H,4,7-8H2,(H,20,22)(H,23,24)/t16-,17+/m1/s1. The summed E-state index contributed by atoms with van der Waals surface area (Å²) in [5.74, 6) is -1.90. The molecule has 1 amide bonds. The van der Waals surface area contributed by atoms with E-state index >= 15 is 0 Å². The topological polar surface area (TPSA) is 113 Å². The first-order chi connectivity index (χ1) is 12.9. The molecule has 3 N–H and O–H groups in total. The third-order valence-electron chi connectivity index (χ3n) is 4.60. The molecule has 0 saturated heterocycles. The lowest BCUT2D eigenvalue weighted by Gasteiger charge is -2.17. The molecule has 1 saturated carbocycles. The number of amides is 1. The fraction of sp³-hybridized carbons (Fsp3) is 0.263. The lowest BCUT2D eigenvalue weighted by atomic mass is 10.0. The summed E-state index contributed by atoms with van der Waals surface area (Å²) < 4.78 is 27.3. The highest BCUT2D eigenvalue weighted by Crippen LogP contribution is 2.26. The van der Waals surface area contributed by atoms with Gasteiger partial charge >= 0.3 is 5.97 Å². The van der Waals surface area contributed by atoms with Gasteiger partial charge in [0, 0.05) is 17.3 Å². The molecule has 0 bridgehead atoms. The highest BCUT2D eigenvalue weighted by molar-refractivity contribution is 7.92. The predicted octanol–water partition coefficient (Wildman–Crippen LogP) is 2.47. The largest absolute Gasteiger partial charge is 0.481 e. The van der Waals surface area contributed by atoms with Gasteiger partial charge in [0.1, 0.15) is 0 Å². The van der Waals surface area contributed by atoms with Crippen LogP contribution in [0.5, 0.6) is 0 Å². The Morgan fingerprint density at radius 1 is 0.963 bits per heavy atom. The van der Waals surface area contributed by atoms with Crippen molar-refractivity contribution in [2.75, 3.05) is 4.72 Å². The molecule has 142 valence electrons. The number of nitrogens with one attached hydrogen (secondary N) is 2. The molecular formula is C19H20N2O5S. The van der Waals surface area contributed by atoms with Gasteiger partial charge in [-0.05, 0) is 49.2 Å². The Labute approximate surface area is 157 Å². The monoisotopic (exact) mass is 388 g/mol. The Bertz CT molecular complexity index is 926. The molecule has 2 aromatic carbocycles. The van der Waals surface area contributed by atoms with Crippen molar-refractivity contribution in [3.8, 4) is 0 Å². The number of benzene rings is 2. The van der Waals surface area contributed by atoms with Gasteiger partial charge in [0.15, 0.2) is 0 Å². The molecule has 7 nitrogen and oxygen atoms in total. The SMILES string of the molecule is O=C(N[C@H]1CCC[C@H]1C(=O)O)c1ccc(S(=O)(=O)Nc2ccccc2)cc1. The molecule has 0 unspecified atom stereocenters. The number of anilines is 1. The number of carboxylic acids is 1. The smallest absolute Gasteiger partial charge is 0.308 e. The normalized spacial score (nSPS) is 19.4. The number of sulfonamides is 1. The van der Waals surface area contributed by atoms with E-state index in [-0.39, 0.29) is 10.5 Å². The number of carbonyl (C=O) groups excluding carboxylic acids is 1. The van der Waals surface area contributed by atoms with E-state index in [1.165, 1.54) is 24.3 Å². The van der Waals surface area contributed by atoms with Crippen LogP contribution in [0.2, 0.25) is 0 Å². The third kappa shape index (κ3) is 4.46. The average molecular weight is 388 g/mol. The summed E-state index contributed by atoms with van der Waals surface area (Å²) in [7, 11) is -3.76. The van der Waals surface area contributed by atoms with Crippen LogP contribution < -0.4 is 10.0 Å². The summed E-state index contributed by atoms with van der Waals surface area (Å²) in [5.41, 5.74) is 0.727. The lowest BCUT2D eigenvalue weighted by Crippen LogP contribution is -2.40. The molecule has 1 aliphatic rings. The first kappa shape index (κ1) is 18.9. The molecule has 27 heavy (non-hydrogen) atoms. The summed E-state index contributed by atoms with van der Waals surface area (Å²) in [5, 5.41) is 11.9. The van der Waals surface area contributed by atoms with E-state index in [0.717, 1.165) is 6.42 Å². The van der Waals surface area contributed by atoms with Crippen LogP contribution in [0, 0.1) is 5.92 Å². The van der Waals surface area contributed by atoms with Crippen LogP contribution in [-0.2, 0) is 14.8 Å². The minimum atomic E-state index is -3.76. The number of hydrogen-bond donors (Lipinski definition) is 3. The molecule has 2 aromatic rings. The van der Waals surface area contributed by atoms with Crippen molar-refractivity contribution in [1.29, 1.82) is 0 Å². The second-order valence-corrected chi connectivity index (χ2v) is 8.13. The molecule has 0 aromatic heterocycles. The van der Waals surface area contributed by atoms with Gasteiger partial charge < -0.3 is 10.4 Å². The van der Waals surface area contributed by atoms with Gasteiger partial charge in [-0.15, -0.1) is 0 Å². The number of carboxylic acid groups (broad SMARTS) is 1. The zero-order chi connectivity index (χ0) is 19.4. The van der Waals surface area contributed by atoms with Gasteiger partial charge in [-0.2, -0.15) is 0 Å². The van der Waals surface area contributed by atoms with Crippen molar-refractivity contribution in [1.82, 2.24) is 5.32 Å². The van der Waals surface area contributed by atoms with Crippen LogP contribution >= 0.6 is 0 Å². The molecule has 1 aliphatic carbocycles. The van der Waals surface area contributed by atoms with Gasteiger partial charge in [-0.3, -0.25) is 14.3 Å². The minimum absolute atomic E-state index is 0.0344.